The molecule has 0 radical (unpaired) electrons. The van der Waals surface area contributed by atoms with Crippen LogP contribution in [0.1, 0.15) is 6.92 Å². The van der Waals surface area contributed by atoms with Gasteiger partial charge in [0.1, 0.15) is 0 Å². The van der Waals surface area contributed by atoms with Crippen molar-refractivity contribution in [3.63, 3.8) is 0 Å². The van der Waals surface area contributed by atoms with Crippen molar-refractivity contribution in [1.29, 1.82) is 0 Å². The average Bonchev–Trinajstić information content (AvgIpc) is 2.69. The van der Waals surface area contributed by atoms with Crippen LogP contribution in [-0.4, -0.2) is 22.7 Å². The van der Waals surface area contributed by atoms with Gasteiger partial charge in [-0.2, -0.15) is 0 Å². The number of nitrogens with one attached hydrogen (secondary N) is 3. The number of amides is 1. The molecule has 3 N–H and O–H groups in total. The van der Waals surface area contributed by atoms with E-state index in [-0.39, 0.29) is 21.4 Å². The summed E-state index contributed by atoms with van der Waals surface area (Å²) in [6.45, 7) is 1.34. The first kappa shape index (κ1) is 22.6. The zero-order valence-corrected chi connectivity index (χ0v) is 18.6. The van der Waals surface area contributed by atoms with E-state index in [1.165, 1.54) is 67.6 Å². The van der Waals surface area contributed by atoms with Crippen LogP contribution in [0.5, 0.6) is 0 Å². The summed E-state index contributed by atoms with van der Waals surface area (Å²) in [6.07, 6.45) is 0. The van der Waals surface area contributed by atoms with Gasteiger partial charge in [0.15, 0.2) is 0 Å². The largest absolute Gasteiger partial charge is 0.326 e. The van der Waals surface area contributed by atoms with Gasteiger partial charge in [-0.05, 0) is 66.7 Å². The van der Waals surface area contributed by atoms with Crippen LogP contribution in [-0.2, 0) is 24.8 Å². The number of carbonyl (C=O) groups excluding carboxylic acids is 1. The molecule has 0 aliphatic heterocycles. The van der Waals surface area contributed by atoms with Gasteiger partial charge in [0, 0.05) is 23.3 Å². The maximum Gasteiger partial charge on any atom is 0.261 e. The van der Waals surface area contributed by atoms with Crippen molar-refractivity contribution < 1.29 is 21.6 Å². The van der Waals surface area contributed by atoms with E-state index in [1.807, 2.05) is 0 Å². The van der Waals surface area contributed by atoms with Crippen molar-refractivity contribution in [2.45, 2.75) is 16.7 Å². The van der Waals surface area contributed by atoms with Gasteiger partial charge in [-0.3, -0.25) is 14.2 Å². The summed E-state index contributed by atoms with van der Waals surface area (Å²) < 4.78 is 55.3. The highest BCUT2D eigenvalue weighted by Crippen LogP contribution is 2.23. The minimum absolute atomic E-state index is 0.0471. The summed E-state index contributed by atoms with van der Waals surface area (Å²) in [5, 5.41) is 3.01. The van der Waals surface area contributed by atoms with Gasteiger partial charge in [-0.25, -0.2) is 16.8 Å². The van der Waals surface area contributed by atoms with Crippen LogP contribution >= 0.6 is 11.6 Å². The summed E-state index contributed by atoms with van der Waals surface area (Å²) in [5.74, 6) is -0.279. The maximum atomic E-state index is 12.6. The molecule has 3 aromatic carbocycles. The molecule has 1 amide bonds. The molecule has 0 aliphatic rings. The number of anilines is 3. The summed E-state index contributed by atoms with van der Waals surface area (Å²) in [6, 6.07) is 17.1. The lowest BCUT2D eigenvalue weighted by atomic mass is 10.3. The first-order valence-corrected chi connectivity index (χ1v) is 12.2. The molecule has 0 saturated carbocycles. The van der Waals surface area contributed by atoms with Crippen LogP contribution in [0.4, 0.5) is 17.1 Å². The third-order valence-electron chi connectivity index (χ3n) is 3.98. The standard InChI is InChI=1S/C20H18ClN3O5S2/c1-14(25)22-16-9-11-19(12-10-16)30(26,27)24-18-3-2-4-20(13-18)31(28,29)23-17-7-5-15(21)6-8-17/h2-13,23-24H,1H3,(H,22,25). The number of hydrogen-bond acceptors (Lipinski definition) is 5. The van der Waals surface area contributed by atoms with Crippen LogP contribution < -0.4 is 14.8 Å². The molecule has 0 aromatic heterocycles. The van der Waals surface area contributed by atoms with Gasteiger partial charge >= 0.3 is 0 Å². The first-order valence-electron chi connectivity index (χ1n) is 8.84. The Kier molecular flexibility index (Phi) is 6.54. The second-order valence-electron chi connectivity index (χ2n) is 6.45. The predicted octanol–water partition coefficient (Wildman–Crippen LogP) is 3.90. The Morgan fingerprint density at radius 3 is 1.87 bits per heavy atom. The van der Waals surface area contributed by atoms with Crippen molar-refractivity contribution in [3.8, 4) is 0 Å². The smallest absolute Gasteiger partial charge is 0.261 e. The Bertz CT molecular complexity index is 1310. The van der Waals surface area contributed by atoms with Gasteiger partial charge < -0.3 is 5.32 Å². The van der Waals surface area contributed by atoms with Gasteiger partial charge in [0.05, 0.1) is 15.5 Å². The molecule has 11 heteroatoms. The molecule has 3 aromatic rings. The number of carbonyl (C=O) groups is 1. The highest BCUT2D eigenvalue weighted by Gasteiger charge is 2.18. The Labute approximate surface area is 185 Å². The molecule has 0 spiro atoms. The molecule has 0 aliphatic carbocycles. The molecule has 3 rings (SSSR count). The van der Waals surface area contributed by atoms with Gasteiger partial charge in [0.2, 0.25) is 5.91 Å². The number of sulfonamides is 2. The fraction of sp³-hybridized carbons (Fsp3) is 0.0500. The van der Waals surface area contributed by atoms with Crippen molar-refractivity contribution in [2.24, 2.45) is 0 Å². The van der Waals surface area contributed by atoms with Crippen LogP contribution in [0.3, 0.4) is 0 Å². The maximum absolute atomic E-state index is 12.6. The van der Waals surface area contributed by atoms with Crippen LogP contribution in [0.2, 0.25) is 5.02 Å². The molecular formula is C20H18ClN3O5S2. The van der Waals surface area contributed by atoms with Crippen LogP contribution in [0.25, 0.3) is 0 Å². The molecule has 8 nitrogen and oxygen atoms in total. The van der Waals surface area contributed by atoms with E-state index in [0.717, 1.165) is 0 Å². The molecule has 162 valence electrons. The Balaban J connectivity index is 1.80. The van der Waals surface area contributed by atoms with E-state index < -0.39 is 20.0 Å². The van der Waals surface area contributed by atoms with Gasteiger partial charge in [0.25, 0.3) is 20.0 Å². The summed E-state index contributed by atoms with van der Waals surface area (Å²) in [7, 11) is -7.93. The Morgan fingerprint density at radius 1 is 0.710 bits per heavy atom. The lowest BCUT2D eigenvalue weighted by molar-refractivity contribution is -0.114. The Morgan fingerprint density at radius 2 is 1.26 bits per heavy atom. The van der Waals surface area contributed by atoms with Gasteiger partial charge in [-0.1, -0.05) is 17.7 Å². The average molecular weight is 480 g/mol. The van der Waals surface area contributed by atoms with E-state index in [9.17, 15) is 21.6 Å². The molecule has 0 fully saturated rings. The van der Waals surface area contributed by atoms with E-state index in [4.69, 9.17) is 11.6 Å². The quantitative estimate of drug-likeness (QED) is 0.474. The number of rotatable bonds is 7. The SMILES string of the molecule is CC(=O)Nc1ccc(S(=O)(=O)Nc2cccc(S(=O)(=O)Nc3ccc(Cl)cc3)c2)cc1. The number of hydrogen-bond donors (Lipinski definition) is 3. The highest BCUT2D eigenvalue weighted by molar-refractivity contribution is 7.93. The van der Waals surface area contributed by atoms with E-state index in [2.05, 4.69) is 14.8 Å². The summed E-state index contributed by atoms with van der Waals surface area (Å²) in [5.41, 5.74) is 0.840. The minimum Gasteiger partial charge on any atom is -0.326 e. The van der Waals surface area contributed by atoms with E-state index in [0.29, 0.717) is 16.4 Å². The highest BCUT2D eigenvalue weighted by atomic mass is 35.5. The molecule has 31 heavy (non-hydrogen) atoms. The van der Waals surface area contributed by atoms with Crippen molar-refractivity contribution >= 4 is 54.6 Å². The van der Waals surface area contributed by atoms with Crippen molar-refractivity contribution in [3.05, 3.63) is 77.8 Å². The van der Waals surface area contributed by atoms with Gasteiger partial charge in [-0.15, -0.1) is 0 Å². The monoisotopic (exact) mass is 479 g/mol. The zero-order chi connectivity index (χ0) is 22.6. The third-order valence-corrected chi connectivity index (χ3v) is 7.01. The van der Waals surface area contributed by atoms with E-state index >= 15 is 0 Å². The Hall–Kier alpha value is -3.08. The zero-order valence-electron chi connectivity index (χ0n) is 16.2. The molecule has 0 bridgehead atoms. The molecule has 0 saturated heterocycles. The molecule has 0 atom stereocenters. The van der Waals surface area contributed by atoms with Crippen molar-refractivity contribution in [1.82, 2.24) is 0 Å². The molecule has 0 heterocycles. The second-order valence-corrected chi connectivity index (χ2v) is 10.3. The third kappa shape index (κ3) is 5.97. The topological polar surface area (TPSA) is 121 Å². The van der Waals surface area contributed by atoms with Crippen LogP contribution in [0.15, 0.2) is 82.6 Å². The summed E-state index contributed by atoms with van der Waals surface area (Å²) in [4.78, 5) is 10.9. The molecular weight excluding hydrogens is 462 g/mol. The normalized spacial score (nSPS) is 11.5. The fourth-order valence-electron chi connectivity index (χ4n) is 2.59. The number of halogens is 1. The fourth-order valence-corrected chi connectivity index (χ4v) is 4.87. The molecule has 0 unspecified atom stereocenters. The lowest BCUT2D eigenvalue weighted by Crippen LogP contribution is -2.15. The lowest BCUT2D eigenvalue weighted by Gasteiger charge is -2.12. The van der Waals surface area contributed by atoms with E-state index in [1.54, 1.807) is 12.1 Å². The van der Waals surface area contributed by atoms with Crippen LogP contribution in [0, 0.1) is 0 Å². The predicted molar refractivity (Wildman–Crippen MR) is 120 cm³/mol. The first-order chi connectivity index (χ1) is 14.5. The van der Waals surface area contributed by atoms with Crippen molar-refractivity contribution in [2.75, 3.05) is 14.8 Å². The summed E-state index contributed by atoms with van der Waals surface area (Å²) >= 11 is 5.80. The minimum atomic E-state index is -3.98. The second kappa shape index (κ2) is 8.96. The number of benzene rings is 3.